The first-order valence-electron chi connectivity index (χ1n) is 10.3. The summed E-state index contributed by atoms with van der Waals surface area (Å²) in [5, 5.41) is 10.0. The molecule has 0 saturated heterocycles. The van der Waals surface area contributed by atoms with Crippen molar-refractivity contribution in [3.63, 3.8) is 0 Å². The zero-order valence-electron chi connectivity index (χ0n) is 18.0. The molecule has 0 fully saturated rings. The fourth-order valence-corrected chi connectivity index (χ4v) is 3.50. The van der Waals surface area contributed by atoms with E-state index >= 15 is 0 Å². The van der Waals surface area contributed by atoms with Crippen molar-refractivity contribution >= 4 is 28.5 Å². The predicted octanol–water partition coefficient (Wildman–Crippen LogP) is 6.94. The number of carbonyl (C=O) groups is 1. The van der Waals surface area contributed by atoms with Gasteiger partial charge in [-0.05, 0) is 48.9 Å². The highest BCUT2D eigenvalue weighted by Gasteiger charge is 2.33. The van der Waals surface area contributed by atoms with Gasteiger partial charge < -0.3 is 13.9 Å². The van der Waals surface area contributed by atoms with Crippen molar-refractivity contribution < 1.29 is 31.9 Å². The number of Topliss-reactive ketones (excluding diaryl/α,β-unsaturated/α-hetero) is 1. The van der Waals surface area contributed by atoms with Crippen molar-refractivity contribution in [1.29, 1.82) is 5.26 Å². The molecule has 0 spiro atoms. The number of halogens is 4. The average molecular weight is 501 g/mol. The molecule has 1 aromatic heterocycles. The number of ketones is 1. The smallest absolute Gasteiger partial charge is 0.416 e. The second-order valence-corrected chi connectivity index (χ2v) is 7.92. The number of hydrogen-bond donors (Lipinski definition) is 0. The first-order valence-corrected chi connectivity index (χ1v) is 10.6. The van der Waals surface area contributed by atoms with Crippen LogP contribution >= 0.6 is 11.6 Å². The lowest BCUT2D eigenvalue weighted by Crippen LogP contribution is -2.29. The number of alkyl halides is 3. The minimum Gasteiger partial charge on any atom is -0.479 e. The van der Waals surface area contributed by atoms with Crippen molar-refractivity contribution in [2.75, 3.05) is 0 Å². The number of nitriles is 1. The number of hydrogen-bond acceptors (Lipinski definition) is 6. The first-order chi connectivity index (χ1) is 16.7. The zero-order chi connectivity index (χ0) is 25.2. The number of nitrogens with zero attached hydrogens (tertiary/aromatic N) is 2. The Kier molecular flexibility index (Phi) is 6.67. The molecule has 35 heavy (non-hydrogen) atoms. The van der Waals surface area contributed by atoms with Crippen LogP contribution in [0.25, 0.3) is 11.1 Å². The summed E-state index contributed by atoms with van der Waals surface area (Å²) in [6, 6.07) is 17.1. The van der Waals surface area contributed by atoms with Crippen LogP contribution in [-0.2, 0) is 11.0 Å². The van der Waals surface area contributed by atoms with Crippen molar-refractivity contribution in [2.24, 2.45) is 0 Å². The number of carbonyl (C=O) groups excluding carboxylic acids is 1. The molecule has 0 bridgehead atoms. The van der Waals surface area contributed by atoms with Gasteiger partial charge in [0.25, 0.3) is 0 Å². The lowest BCUT2D eigenvalue weighted by molar-refractivity contribution is -0.137. The largest absolute Gasteiger partial charge is 0.479 e. The van der Waals surface area contributed by atoms with Gasteiger partial charge in [-0.15, -0.1) is 0 Å². The third-order valence-electron chi connectivity index (χ3n) is 5.04. The molecule has 0 amide bonds. The Hall–Kier alpha value is -4.03. The summed E-state index contributed by atoms with van der Waals surface area (Å²) in [5.41, 5.74) is -0.0934. The molecule has 178 valence electrons. The van der Waals surface area contributed by atoms with Crippen LogP contribution < -0.4 is 9.47 Å². The third-order valence-corrected chi connectivity index (χ3v) is 5.28. The van der Waals surface area contributed by atoms with Gasteiger partial charge in [-0.25, -0.2) is 0 Å². The van der Waals surface area contributed by atoms with Crippen molar-refractivity contribution in [3.8, 4) is 23.6 Å². The molecule has 1 heterocycles. The van der Waals surface area contributed by atoms with Gasteiger partial charge in [-0.2, -0.15) is 23.4 Å². The molecule has 2 atom stereocenters. The maximum atomic E-state index is 13.1. The lowest BCUT2D eigenvalue weighted by Gasteiger charge is -2.19. The van der Waals surface area contributed by atoms with Crippen molar-refractivity contribution in [2.45, 2.75) is 25.1 Å². The monoisotopic (exact) mass is 500 g/mol. The molecule has 0 aliphatic carbocycles. The third kappa shape index (κ3) is 5.39. The Balaban J connectivity index is 1.54. The van der Waals surface area contributed by atoms with E-state index in [4.69, 9.17) is 25.5 Å². The van der Waals surface area contributed by atoms with E-state index in [1.807, 2.05) is 0 Å². The van der Waals surface area contributed by atoms with E-state index in [-0.39, 0.29) is 23.1 Å². The van der Waals surface area contributed by atoms with Crippen LogP contribution in [0.4, 0.5) is 13.2 Å². The minimum absolute atomic E-state index is 0.0718. The topological polar surface area (TPSA) is 85.3 Å². The molecule has 6 nitrogen and oxygen atoms in total. The number of ether oxygens (including phenoxy) is 2. The Morgan fingerprint density at radius 2 is 1.83 bits per heavy atom. The Morgan fingerprint density at radius 3 is 2.54 bits per heavy atom. The van der Waals surface area contributed by atoms with Crippen LogP contribution in [0.3, 0.4) is 0 Å². The number of benzene rings is 3. The van der Waals surface area contributed by atoms with Crippen molar-refractivity contribution in [3.05, 3.63) is 82.9 Å². The predicted molar refractivity (Wildman–Crippen MR) is 120 cm³/mol. The summed E-state index contributed by atoms with van der Waals surface area (Å²) in [5.74, 6) is -1.84. The summed E-state index contributed by atoms with van der Waals surface area (Å²) in [7, 11) is 0. The van der Waals surface area contributed by atoms with Gasteiger partial charge in [-0.3, -0.25) is 4.79 Å². The van der Waals surface area contributed by atoms with Crippen molar-refractivity contribution in [1.82, 2.24) is 4.98 Å². The van der Waals surface area contributed by atoms with Crippen LogP contribution in [0, 0.1) is 11.3 Å². The number of para-hydroxylation sites is 2. The number of rotatable bonds is 7. The van der Waals surface area contributed by atoms with Crippen LogP contribution in [0.1, 0.15) is 24.0 Å². The molecule has 0 N–H and O–H groups in total. The van der Waals surface area contributed by atoms with E-state index in [0.29, 0.717) is 16.1 Å². The van der Waals surface area contributed by atoms with E-state index in [1.165, 1.54) is 19.1 Å². The molecule has 0 aliphatic heterocycles. The lowest BCUT2D eigenvalue weighted by atomic mass is 9.92. The summed E-state index contributed by atoms with van der Waals surface area (Å²) in [6.45, 7) is 1.40. The van der Waals surface area contributed by atoms with Crippen LogP contribution in [0.15, 0.2) is 71.1 Å². The molecule has 0 saturated carbocycles. The van der Waals surface area contributed by atoms with Gasteiger partial charge in [0.1, 0.15) is 11.4 Å². The highest BCUT2D eigenvalue weighted by atomic mass is 35.5. The molecule has 3 aromatic carbocycles. The SMILES string of the molecule is CC(Oc1ccccc1Oc1nc2cc(Cl)ccc2o1)C(=O)C(C#N)c1cccc(C(F)(F)F)c1. The average Bonchev–Trinajstić information content (AvgIpc) is 3.21. The van der Waals surface area contributed by atoms with E-state index < -0.39 is 29.5 Å². The fraction of sp³-hybridized carbons (Fsp3) is 0.160. The van der Waals surface area contributed by atoms with Gasteiger partial charge in [0, 0.05) is 5.02 Å². The number of aromatic nitrogens is 1. The van der Waals surface area contributed by atoms with Gasteiger partial charge in [-0.1, -0.05) is 41.9 Å². The Morgan fingerprint density at radius 1 is 1.09 bits per heavy atom. The second kappa shape index (κ2) is 9.68. The standard InChI is InChI=1S/C25H16ClF3N2O4/c1-14(23(32)18(13-30)15-5-4-6-16(11-15)25(27,28)29)33-21-7-2-3-8-22(21)35-24-31-19-12-17(26)9-10-20(19)34-24/h2-12,14,18H,1H3. The van der Waals surface area contributed by atoms with Crippen LogP contribution in [0.2, 0.25) is 5.02 Å². The summed E-state index contributed by atoms with van der Waals surface area (Å²) >= 11 is 5.96. The number of oxazole rings is 1. The van der Waals surface area contributed by atoms with E-state index in [9.17, 15) is 23.2 Å². The normalized spacial score (nSPS) is 13.1. The summed E-state index contributed by atoms with van der Waals surface area (Å²) in [4.78, 5) is 17.1. The van der Waals surface area contributed by atoms with E-state index in [1.54, 1.807) is 42.5 Å². The Labute approximate surface area is 202 Å². The molecule has 2 unspecified atom stereocenters. The van der Waals surface area contributed by atoms with Crippen LogP contribution in [0.5, 0.6) is 17.6 Å². The first kappa shape index (κ1) is 24.1. The molecule has 0 radical (unpaired) electrons. The molecular formula is C25H16ClF3N2O4. The molecular weight excluding hydrogens is 485 g/mol. The molecule has 10 heteroatoms. The summed E-state index contributed by atoms with van der Waals surface area (Å²) < 4.78 is 56.2. The van der Waals surface area contributed by atoms with E-state index in [0.717, 1.165) is 18.2 Å². The highest BCUT2D eigenvalue weighted by Crippen LogP contribution is 2.35. The maximum absolute atomic E-state index is 13.1. The molecule has 4 rings (SSSR count). The highest BCUT2D eigenvalue weighted by molar-refractivity contribution is 6.31. The van der Waals surface area contributed by atoms with Gasteiger partial charge in [0.05, 0.1) is 11.6 Å². The fourth-order valence-electron chi connectivity index (χ4n) is 3.33. The minimum atomic E-state index is -4.60. The molecule has 4 aromatic rings. The van der Waals surface area contributed by atoms with Gasteiger partial charge in [0.15, 0.2) is 29.0 Å². The van der Waals surface area contributed by atoms with Crippen LogP contribution in [-0.4, -0.2) is 16.9 Å². The summed E-state index contributed by atoms with van der Waals surface area (Å²) in [6.07, 6.45) is -5.87. The maximum Gasteiger partial charge on any atom is 0.416 e. The quantitative estimate of drug-likeness (QED) is 0.273. The molecule has 0 aliphatic rings. The second-order valence-electron chi connectivity index (χ2n) is 7.49. The number of fused-ring (bicyclic) bond motifs is 1. The van der Waals surface area contributed by atoms with Gasteiger partial charge >= 0.3 is 12.3 Å². The van der Waals surface area contributed by atoms with Gasteiger partial charge in [0.2, 0.25) is 0 Å². The zero-order valence-corrected chi connectivity index (χ0v) is 18.8. The van der Waals surface area contributed by atoms with E-state index in [2.05, 4.69) is 4.98 Å². The Bertz CT molecular complexity index is 1430.